The highest BCUT2D eigenvalue weighted by Crippen LogP contribution is 2.35. The molecule has 0 radical (unpaired) electrons. The molecule has 21 heavy (non-hydrogen) atoms. The van der Waals surface area contributed by atoms with E-state index in [4.69, 9.17) is 0 Å². The number of hydrogen-bond donors (Lipinski definition) is 0. The van der Waals surface area contributed by atoms with Gasteiger partial charge in [-0.05, 0) is 35.7 Å². The molecule has 0 aliphatic heterocycles. The van der Waals surface area contributed by atoms with Gasteiger partial charge in [-0.2, -0.15) is 0 Å². The first kappa shape index (κ1) is 17.1. The summed E-state index contributed by atoms with van der Waals surface area (Å²) in [4.78, 5) is 0. The number of benzene rings is 2. The van der Waals surface area contributed by atoms with E-state index in [1.165, 1.54) is 12.1 Å². The second-order valence-corrected chi connectivity index (χ2v) is 6.98. The SMILES string of the molecule is Fc1cc(Br)ccc1CC(CBr)(CBr)c1ccccc1F. The first-order valence-electron chi connectivity index (χ1n) is 6.33. The molecule has 0 unspecified atom stereocenters. The maximum atomic E-state index is 14.2. The molecule has 0 saturated carbocycles. The molecule has 2 rings (SSSR count). The van der Waals surface area contributed by atoms with E-state index in [-0.39, 0.29) is 11.6 Å². The summed E-state index contributed by atoms with van der Waals surface area (Å²) in [5, 5.41) is 1.06. The summed E-state index contributed by atoms with van der Waals surface area (Å²) in [7, 11) is 0. The van der Waals surface area contributed by atoms with E-state index in [0.29, 0.717) is 32.7 Å². The molecule has 0 spiro atoms. The Bertz CT molecular complexity index is 625. The molecule has 0 nitrogen and oxygen atoms in total. The van der Waals surface area contributed by atoms with Crippen LogP contribution in [-0.4, -0.2) is 10.7 Å². The normalized spacial score (nSPS) is 11.7. The minimum atomic E-state index is -0.542. The van der Waals surface area contributed by atoms with Crippen LogP contribution >= 0.6 is 47.8 Å². The van der Waals surface area contributed by atoms with E-state index in [9.17, 15) is 8.78 Å². The Balaban J connectivity index is 2.46. The van der Waals surface area contributed by atoms with Crippen molar-refractivity contribution in [1.82, 2.24) is 0 Å². The van der Waals surface area contributed by atoms with Crippen molar-refractivity contribution in [2.24, 2.45) is 0 Å². The van der Waals surface area contributed by atoms with E-state index in [1.807, 2.05) is 0 Å². The third kappa shape index (κ3) is 3.74. The first-order valence-corrected chi connectivity index (χ1v) is 9.37. The van der Waals surface area contributed by atoms with Gasteiger partial charge in [0.25, 0.3) is 0 Å². The van der Waals surface area contributed by atoms with Crippen molar-refractivity contribution >= 4 is 47.8 Å². The minimum absolute atomic E-state index is 0.270. The Kier molecular flexibility index (Phi) is 5.97. The Morgan fingerprint density at radius 3 is 2.14 bits per heavy atom. The molecule has 2 aromatic rings. The second-order valence-electron chi connectivity index (χ2n) is 4.94. The van der Waals surface area contributed by atoms with Crippen LogP contribution in [-0.2, 0) is 11.8 Å². The van der Waals surface area contributed by atoms with E-state index < -0.39 is 5.41 Å². The Labute approximate surface area is 148 Å². The summed E-state index contributed by atoms with van der Waals surface area (Å²) in [5.41, 5.74) is 0.612. The largest absolute Gasteiger partial charge is 0.207 e. The topological polar surface area (TPSA) is 0 Å². The third-order valence-electron chi connectivity index (χ3n) is 3.50. The number of hydrogen-bond acceptors (Lipinski definition) is 0. The lowest BCUT2D eigenvalue weighted by molar-refractivity contribution is 0.487. The van der Waals surface area contributed by atoms with Crippen molar-refractivity contribution in [3.63, 3.8) is 0 Å². The molecule has 0 amide bonds. The maximum absolute atomic E-state index is 14.2. The molecule has 0 bridgehead atoms. The summed E-state index contributed by atoms with van der Waals surface area (Å²) in [6, 6.07) is 11.6. The fraction of sp³-hybridized carbons (Fsp3) is 0.250. The summed E-state index contributed by atoms with van der Waals surface area (Å²) in [6.07, 6.45) is 0.406. The average molecular weight is 483 g/mol. The fourth-order valence-electron chi connectivity index (χ4n) is 2.29. The van der Waals surface area contributed by atoms with Gasteiger partial charge in [-0.3, -0.25) is 0 Å². The van der Waals surface area contributed by atoms with Crippen molar-refractivity contribution in [2.75, 3.05) is 10.7 Å². The molecule has 0 aromatic heterocycles. The predicted octanol–water partition coefficient (Wildman–Crippen LogP) is 6.00. The van der Waals surface area contributed by atoms with Gasteiger partial charge >= 0.3 is 0 Å². The summed E-state index contributed by atoms with van der Waals surface area (Å²) in [5.74, 6) is -0.555. The van der Waals surface area contributed by atoms with Crippen LogP contribution in [0.4, 0.5) is 8.78 Å². The predicted molar refractivity (Wildman–Crippen MR) is 93.5 cm³/mol. The van der Waals surface area contributed by atoms with Gasteiger partial charge in [0.15, 0.2) is 0 Å². The molecular formula is C16H13Br3F2. The van der Waals surface area contributed by atoms with Crippen LogP contribution in [0.15, 0.2) is 46.9 Å². The molecule has 0 aliphatic carbocycles. The Hall–Kier alpha value is -0.260. The van der Waals surface area contributed by atoms with Crippen LogP contribution in [0, 0.1) is 11.6 Å². The molecule has 5 heteroatoms. The quantitative estimate of drug-likeness (QED) is 0.459. The number of rotatable bonds is 5. The van der Waals surface area contributed by atoms with Gasteiger partial charge in [0, 0.05) is 20.5 Å². The number of halogens is 5. The van der Waals surface area contributed by atoms with Gasteiger partial charge in [-0.15, -0.1) is 0 Å². The smallest absolute Gasteiger partial charge is 0.127 e. The van der Waals surface area contributed by atoms with Crippen molar-refractivity contribution < 1.29 is 8.78 Å². The monoisotopic (exact) mass is 480 g/mol. The van der Waals surface area contributed by atoms with Crippen LogP contribution in [0.5, 0.6) is 0 Å². The van der Waals surface area contributed by atoms with Gasteiger partial charge in [0.05, 0.1) is 0 Å². The van der Waals surface area contributed by atoms with E-state index in [0.717, 1.165) is 0 Å². The summed E-state index contributed by atoms with van der Waals surface area (Å²) in [6.45, 7) is 0. The van der Waals surface area contributed by atoms with Gasteiger partial charge in [-0.1, -0.05) is 72.1 Å². The Morgan fingerprint density at radius 1 is 0.905 bits per heavy atom. The highest BCUT2D eigenvalue weighted by atomic mass is 79.9. The van der Waals surface area contributed by atoms with E-state index in [2.05, 4.69) is 47.8 Å². The lowest BCUT2D eigenvalue weighted by Gasteiger charge is -2.31. The van der Waals surface area contributed by atoms with Crippen molar-refractivity contribution in [3.8, 4) is 0 Å². The highest BCUT2D eigenvalue weighted by Gasteiger charge is 2.33. The van der Waals surface area contributed by atoms with Gasteiger partial charge in [0.2, 0.25) is 0 Å². The zero-order valence-corrected chi connectivity index (χ0v) is 15.8. The van der Waals surface area contributed by atoms with E-state index >= 15 is 0 Å². The molecule has 0 heterocycles. The van der Waals surface area contributed by atoms with Crippen LogP contribution in [0.3, 0.4) is 0 Å². The summed E-state index contributed by atoms with van der Waals surface area (Å²) >= 11 is 10.2. The van der Waals surface area contributed by atoms with Crippen LogP contribution < -0.4 is 0 Å². The van der Waals surface area contributed by atoms with Gasteiger partial charge < -0.3 is 0 Å². The van der Waals surface area contributed by atoms with Crippen molar-refractivity contribution in [3.05, 3.63) is 69.7 Å². The molecule has 2 aromatic carbocycles. The molecule has 0 saturated heterocycles. The first-order chi connectivity index (χ1) is 10.0. The lowest BCUT2D eigenvalue weighted by atomic mass is 9.78. The van der Waals surface area contributed by atoms with Crippen LogP contribution in [0.2, 0.25) is 0 Å². The van der Waals surface area contributed by atoms with Crippen LogP contribution in [0.25, 0.3) is 0 Å². The molecule has 0 fully saturated rings. The standard InChI is InChI=1S/C16H13Br3F2/c17-9-16(10-18,13-3-1-2-4-14(13)20)8-11-5-6-12(19)7-15(11)21/h1-7H,8-10H2. The molecule has 0 N–H and O–H groups in total. The third-order valence-corrected chi connectivity index (χ3v) is 6.14. The van der Waals surface area contributed by atoms with Crippen molar-refractivity contribution in [2.45, 2.75) is 11.8 Å². The molecular weight excluding hydrogens is 470 g/mol. The van der Waals surface area contributed by atoms with Gasteiger partial charge in [-0.25, -0.2) is 8.78 Å². The van der Waals surface area contributed by atoms with Gasteiger partial charge in [0.1, 0.15) is 11.6 Å². The lowest BCUT2D eigenvalue weighted by Crippen LogP contribution is -2.34. The fourth-order valence-corrected chi connectivity index (χ4v) is 4.55. The average Bonchev–Trinajstić information content (AvgIpc) is 2.48. The second kappa shape index (κ2) is 7.34. The Morgan fingerprint density at radius 2 is 1.57 bits per heavy atom. The summed E-state index contributed by atoms with van der Waals surface area (Å²) < 4.78 is 29.0. The molecule has 0 atom stereocenters. The van der Waals surface area contributed by atoms with Crippen LogP contribution in [0.1, 0.15) is 11.1 Å². The van der Waals surface area contributed by atoms with E-state index in [1.54, 1.807) is 30.3 Å². The zero-order valence-electron chi connectivity index (χ0n) is 11.1. The molecule has 112 valence electrons. The zero-order chi connectivity index (χ0) is 15.5. The maximum Gasteiger partial charge on any atom is 0.127 e. The number of alkyl halides is 2. The minimum Gasteiger partial charge on any atom is -0.207 e. The highest BCUT2D eigenvalue weighted by molar-refractivity contribution is 9.10. The van der Waals surface area contributed by atoms with Crippen molar-refractivity contribution in [1.29, 1.82) is 0 Å². The molecule has 0 aliphatic rings.